The second kappa shape index (κ2) is 6.05. The number of benzene rings is 2. The Bertz CT molecular complexity index is 769. The molecule has 21 heavy (non-hydrogen) atoms. The maximum Gasteiger partial charge on any atom is 0.146 e. The fourth-order valence-electron chi connectivity index (χ4n) is 2.18. The molecule has 0 amide bonds. The van der Waals surface area contributed by atoms with Crippen LogP contribution in [0.4, 0.5) is 5.82 Å². The lowest BCUT2D eigenvalue weighted by Gasteiger charge is -2.08. The number of nitrogens with one attached hydrogen (secondary N) is 1. The second-order valence-electron chi connectivity index (χ2n) is 4.49. The molecule has 0 bridgehead atoms. The third-order valence-electron chi connectivity index (χ3n) is 3.19. The standard InChI is InChI=1S/C17H15N3O/c1-21-16-10-9-13-6-2-3-7-14(13)15(16)12-19-20-17-8-4-5-11-18-17/h2-12H,1H3,(H,18,20). The SMILES string of the molecule is COc1ccc2ccccc2c1C=NNc1ccccn1. The van der Waals surface area contributed by atoms with Gasteiger partial charge in [0.25, 0.3) is 0 Å². The first kappa shape index (κ1) is 13.1. The van der Waals surface area contributed by atoms with E-state index in [-0.39, 0.29) is 0 Å². The highest BCUT2D eigenvalue weighted by atomic mass is 16.5. The van der Waals surface area contributed by atoms with E-state index < -0.39 is 0 Å². The maximum atomic E-state index is 5.42. The quantitative estimate of drug-likeness (QED) is 0.584. The van der Waals surface area contributed by atoms with Crippen molar-refractivity contribution in [2.24, 2.45) is 5.10 Å². The summed E-state index contributed by atoms with van der Waals surface area (Å²) >= 11 is 0. The van der Waals surface area contributed by atoms with E-state index in [1.807, 2.05) is 42.5 Å². The van der Waals surface area contributed by atoms with Gasteiger partial charge in [-0.3, -0.25) is 5.43 Å². The molecule has 0 spiro atoms. The van der Waals surface area contributed by atoms with Gasteiger partial charge in [0.2, 0.25) is 0 Å². The van der Waals surface area contributed by atoms with Crippen molar-refractivity contribution in [3.63, 3.8) is 0 Å². The minimum absolute atomic E-state index is 0.702. The van der Waals surface area contributed by atoms with Crippen molar-refractivity contribution in [1.82, 2.24) is 4.98 Å². The number of hydrogen-bond donors (Lipinski definition) is 1. The Labute approximate surface area is 123 Å². The van der Waals surface area contributed by atoms with Crippen LogP contribution in [-0.4, -0.2) is 18.3 Å². The first-order valence-corrected chi connectivity index (χ1v) is 6.64. The van der Waals surface area contributed by atoms with Gasteiger partial charge in [-0.25, -0.2) is 4.98 Å². The van der Waals surface area contributed by atoms with Crippen molar-refractivity contribution < 1.29 is 4.74 Å². The average Bonchev–Trinajstić information content (AvgIpc) is 2.56. The van der Waals surface area contributed by atoms with E-state index >= 15 is 0 Å². The van der Waals surface area contributed by atoms with Crippen molar-refractivity contribution >= 4 is 22.8 Å². The van der Waals surface area contributed by atoms with Crippen LogP contribution in [0.5, 0.6) is 5.75 Å². The van der Waals surface area contributed by atoms with Crippen LogP contribution in [0.3, 0.4) is 0 Å². The maximum absolute atomic E-state index is 5.42. The highest BCUT2D eigenvalue weighted by Crippen LogP contribution is 2.26. The third kappa shape index (κ3) is 2.84. The molecule has 0 atom stereocenters. The number of fused-ring (bicyclic) bond motifs is 1. The van der Waals surface area contributed by atoms with Gasteiger partial charge in [0.05, 0.1) is 13.3 Å². The molecule has 0 unspecified atom stereocenters. The number of hydrazone groups is 1. The van der Waals surface area contributed by atoms with Crippen molar-refractivity contribution in [2.75, 3.05) is 12.5 Å². The smallest absolute Gasteiger partial charge is 0.146 e. The zero-order valence-electron chi connectivity index (χ0n) is 11.7. The molecule has 3 rings (SSSR count). The summed E-state index contributed by atoms with van der Waals surface area (Å²) in [4.78, 5) is 4.16. The Morgan fingerprint density at radius 1 is 1.05 bits per heavy atom. The predicted octanol–water partition coefficient (Wildman–Crippen LogP) is 3.69. The molecule has 104 valence electrons. The van der Waals surface area contributed by atoms with Crippen molar-refractivity contribution in [1.29, 1.82) is 0 Å². The van der Waals surface area contributed by atoms with E-state index in [4.69, 9.17) is 4.74 Å². The van der Waals surface area contributed by atoms with Crippen LogP contribution in [-0.2, 0) is 0 Å². The highest BCUT2D eigenvalue weighted by Gasteiger charge is 2.05. The average molecular weight is 277 g/mol. The minimum Gasteiger partial charge on any atom is -0.496 e. The molecule has 0 radical (unpaired) electrons. The largest absolute Gasteiger partial charge is 0.496 e. The molecule has 3 aromatic rings. The Balaban J connectivity index is 1.95. The van der Waals surface area contributed by atoms with Gasteiger partial charge >= 0.3 is 0 Å². The van der Waals surface area contributed by atoms with Gasteiger partial charge in [0, 0.05) is 11.8 Å². The number of aromatic nitrogens is 1. The predicted molar refractivity (Wildman–Crippen MR) is 86.0 cm³/mol. The van der Waals surface area contributed by atoms with E-state index in [2.05, 4.69) is 27.6 Å². The van der Waals surface area contributed by atoms with E-state index in [1.165, 1.54) is 0 Å². The molecule has 0 saturated carbocycles. The molecular weight excluding hydrogens is 262 g/mol. The number of anilines is 1. The van der Waals surface area contributed by atoms with Crippen LogP contribution in [0, 0.1) is 0 Å². The molecule has 2 aromatic carbocycles. The molecule has 0 fully saturated rings. The van der Waals surface area contributed by atoms with Crippen LogP contribution in [0.1, 0.15) is 5.56 Å². The number of hydrogen-bond acceptors (Lipinski definition) is 4. The van der Waals surface area contributed by atoms with Crippen molar-refractivity contribution in [3.05, 3.63) is 66.4 Å². The second-order valence-corrected chi connectivity index (χ2v) is 4.49. The minimum atomic E-state index is 0.702. The summed E-state index contributed by atoms with van der Waals surface area (Å²) in [7, 11) is 1.66. The summed E-state index contributed by atoms with van der Waals surface area (Å²) in [5, 5.41) is 6.50. The van der Waals surface area contributed by atoms with E-state index in [1.54, 1.807) is 19.5 Å². The van der Waals surface area contributed by atoms with E-state index in [0.717, 1.165) is 22.1 Å². The van der Waals surface area contributed by atoms with Gasteiger partial charge in [-0.15, -0.1) is 0 Å². The fraction of sp³-hybridized carbons (Fsp3) is 0.0588. The van der Waals surface area contributed by atoms with Crippen LogP contribution in [0.15, 0.2) is 65.9 Å². The van der Waals surface area contributed by atoms with Crippen LogP contribution in [0.25, 0.3) is 10.8 Å². The lowest BCUT2D eigenvalue weighted by molar-refractivity contribution is 0.415. The lowest BCUT2D eigenvalue weighted by atomic mass is 10.0. The highest BCUT2D eigenvalue weighted by molar-refractivity contribution is 6.02. The summed E-state index contributed by atoms with van der Waals surface area (Å²) in [6.07, 6.45) is 3.48. The summed E-state index contributed by atoms with van der Waals surface area (Å²) < 4.78 is 5.42. The molecular formula is C17H15N3O. The van der Waals surface area contributed by atoms with Crippen LogP contribution in [0.2, 0.25) is 0 Å². The number of pyridine rings is 1. The van der Waals surface area contributed by atoms with Gasteiger partial charge in [-0.05, 0) is 29.0 Å². The number of nitrogens with zero attached hydrogens (tertiary/aromatic N) is 2. The van der Waals surface area contributed by atoms with E-state index in [9.17, 15) is 0 Å². The van der Waals surface area contributed by atoms with Crippen molar-refractivity contribution in [3.8, 4) is 5.75 Å². The van der Waals surface area contributed by atoms with Gasteiger partial charge < -0.3 is 4.74 Å². The number of ether oxygens (including phenoxy) is 1. The van der Waals surface area contributed by atoms with Crippen LogP contribution < -0.4 is 10.2 Å². The Morgan fingerprint density at radius 3 is 2.71 bits per heavy atom. The Morgan fingerprint density at radius 2 is 1.90 bits per heavy atom. The van der Waals surface area contributed by atoms with Gasteiger partial charge in [0.15, 0.2) is 0 Å². The lowest BCUT2D eigenvalue weighted by Crippen LogP contribution is -1.96. The molecule has 1 heterocycles. The zero-order chi connectivity index (χ0) is 14.5. The molecule has 0 aliphatic carbocycles. The summed E-state index contributed by atoms with van der Waals surface area (Å²) in [5.41, 5.74) is 3.86. The Hall–Kier alpha value is -2.88. The molecule has 1 N–H and O–H groups in total. The zero-order valence-corrected chi connectivity index (χ0v) is 11.7. The summed E-state index contributed by atoms with van der Waals surface area (Å²) in [6.45, 7) is 0. The van der Waals surface area contributed by atoms with Gasteiger partial charge in [0.1, 0.15) is 11.6 Å². The number of rotatable bonds is 4. The molecule has 0 aliphatic rings. The normalized spacial score (nSPS) is 10.9. The van der Waals surface area contributed by atoms with Gasteiger partial charge in [-0.1, -0.05) is 36.4 Å². The summed E-state index contributed by atoms with van der Waals surface area (Å²) in [5.74, 6) is 1.49. The number of methoxy groups -OCH3 is 1. The molecule has 4 nitrogen and oxygen atoms in total. The van der Waals surface area contributed by atoms with Crippen LogP contribution >= 0.6 is 0 Å². The van der Waals surface area contributed by atoms with Crippen molar-refractivity contribution in [2.45, 2.75) is 0 Å². The first-order chi connectivity index (χ1) is 10.4. The third-order valence-corrected chi connectivity index (χ3v) is 3.19. The monoisotopic (exact) mass is 277 g/mol. The Kier molecular flexibility index (Phi) is 3.78. The topological polar surface area (TPSA) is 46.5 Å². The molecule has 0 saturated heterocycles. The van der Waals surface area contributed by atoms with Gasteiger partial charge in [-0.2, -0.15) is 5.10 Å². The van der Waals surface area contributed by atoms with E-state index in [0.29, 0.717) is 5.82 Å². The first-order valence-electron chi connectivity index (χ1n) is 6.64. The molecule has 1 aromatic heterocycles. The molecule has 0 aliphatic heterocycles. The fourth-order valence-corrected chi connectivity index (χ4v) is 2.18. The molecule has 4 heteroatoms. The summed E-state index contributed by atoms with van der Waals surface area (Å²) in [6, 6.07) is 17.8.